The van der Waals surface area contributed by atoms with Gasteiger partial charge in [0.1, 0.15) is 5.75 Å². The Morgan fingerprint density at radius 3 is 2.45 bits per heavy atom. The third kappa shape index (κ3) is 5.78. The molecule has 0 spiro atoms. The summed E-state index contributed by atoms with van der Waals surface area (Å²) in [5.41, 5.74) is 0.827. The minimum absolute atomic E-state index is 0.160. The van der Waals surface area contributed by atoms with Gasteiger partial charge in [-0.2, -0.15) is 0 Å². The number of nitrogens with zero attached hydrogens (tertiary/aromatic N) is 1. The molecular weight excluding hydrogens is 303 g/mol. The summed E-state index contributed by atoms with van der Waals surface area (Å²) in [6.45, 7) is 5.88. The summed E-state index contributed by atoms with van der Waals surface area (Å²) in [6.07, 6.45) is -0.160. The summed E-state index contributed by atoms with van der Waals surface area (Å²) in [6, 6.07) is 6.85. The summed E-state index contributed by atoms with van der Waals surface area (Å²) in [7, 11) is 7.36. The Morgan fingerprint density at radius 2 is 1.91 bits per heavy atom. The Balaban J connectivity index is 2.76. The zero-order chi connectivity index (χ0) is 16.6. The standard InChI is InChI=1S/C13H20B2NO5P/c1-4-19-22(17,20-5-2)10-18-13-8-6-7-12(9-13)11(3)16(14)21-15/h6-9,11H,4-5,10H2,1-3H3. The number of hydrogen-bond donors (Lipinski definition) is 0. The molecule has 22 heavy (non-hydrogen) atoms. The van der Waals surface area contributed by atoms with Crippen molar-refractivity contribution in [1.82, 2.24) is 4.97 Å². The van der Waals surface area contributed by atoms with Gasteiger partial charge in [-0.15, -0.1) is 0 Å². The smallest absolute Gasteiger partial charge is 0.367 e. The van der Waals surface area contributed by atoms with E-state index >= 15 is 0 Å². The lowest BCUT2D eigenvalue weighted by Crippen LogP contribution is -2.23. The molecule has 0 heterocycles. The van der Waals surface area contributed by atoms with Crippen LogP contribution in [0.3, 0.4) is 0 Å². The first kappa shape index (κ1) is 19.3. The monoisotopic (exact) mass is 323 g/mol. The maximum atomic E-state index is 12.3. The van der Waals surface area contributed by atoms with Gasteiger partial charge in [-0.25, -0.2) is 0 Å². The Morgan fingerprint density at radius 1 is 1.27 bits per heavy atom. The van der Waals surface area contributed by atoms with Crippen LogP contribution in [0.15, 0.2) is 24.3 Å². The van der Waals surface area contributed by atoms with Crippen molar-refractivity contribution in [2.75, 3.05) is 19.6 Å². The van der Waals surface area contributed by atoms with Crippen molar-refractivity contribution in [3.05, 3.63) is 29.8 Å². The van der Waals surface area contributed by atoms with Gasteiger partial charge in [0.05, 0.1) is 13.2 Å². The molecule has 1 unspecified atom stereocenters. The van der Waals surface area contributed by atoms with Crippen molar-refractivity contribution in [3.63, 3.8) is 0 Å². The maximum Gasteiger partial charge on any atom is 0.367 e. The minimum Gasteiger partial charge on any atom is -0.481 e. The summed E-state index contributed by atoms with van der Waals surface area (Å²) < 4.78 is 32.7. The minimum atomic E-state index is -3.25. The van der Waals surface area contributed by atoms with Gasteiger partial charge in [-0.1, -0.05) is 12.1 Å². The summed E-state index contributed by atoms with van der Waals surface area (Å²) >= 11 is 0. The number of hydrogen-bond acceptors (Lipinski definition) is 6. The molecule has 9 heteroatoms. The third-order valence-corrected chi connectivity index (χ3v) is 4.63. The highest BCUT2D eigenvalue weighted by atomic mass is 31.2. The average Bonchev–Trinajstić information content (AvgIpc) is 2.52. The molecule has 1 atom stereocenters. The summed E-state index contributed by atoms with van der Waals surface area (Å²) in [5.74, 6) is 0.523. The number of ether oxygens (including phenoxy) is 1. The van der Waals surface area contributed by atoms with E-state index < -0.39 is 7.60 Å². The first-order chi connectivity index (χ1) is 10.5. The quantitative estimate of drug-likeness (QED) is 0.375. The topological polar surface area (TPSA) is 57.2 Å². The van der Waals surface area contributed by atoms with Gasteiger partial charge in [0.2, 0.25) is 7.98 Å². The molecule has 6 nitrogen and oxygen atoms in total. The van der Waals surface area contributed by atoms with Crippen LogP contribution in [0.2, 0.25) is 0 Å². The zero-order valence-electron chi connectivity index (χ0n) is 13.1. The highest BCUT2D eigenvalue weighted by Gasteiger charge is 2.24. The molecule has 0 aliphatic heterocycles. The zero-order valence-corrected chi connectivity index (χ0v) is 14.0. The Bertz CT molecular complexity index is 495. The fraction of sp³-hybridized carbons (Fsp3) is 0.538. The Labute approximate surface area is 134 Å². The number of rotatable bonds is 10. The molecule has 0 N–H and O–H groups in total. The van der Waals surface area contributed by atoms with E-state index in [1.165, 1.54) is 0 Å². The van der Waals surface area contributed by atoms with E-state index in [1.54, 1.807) is 32.0 Å². The molecule has 118 valence electrons. The fourth-order valence-electron chi connectivity index (χ4n) is 1.76. The summed E-state index contributed by atoms with van der Waals surface area (Å²) in [5, 5.41) is 0. The molecule has 0 saturated heterocycles. The molecule has 4 radical (unpaired) electrons. The molecule has 0 aliphatic carbocycles. The Kier molecular flexibility index (Phi) is 8.21. The molecule has 0 aliphatic rings. The van der Waals surface area contributed by atoms with Crippen LogP contribution in [-0.2, 0) is 18.4 Å². The summed E-state index contributed by atoms with van der Waals surface area (Å²) in [4.78, 5) is 1.02. The van der Waals surface area contributed by atoms with Crippen LogP contribution in [-0.4, -0.2) is 40.6 Å². The predicted molar refractivity (Wildman–Crippen MR) is 85.6 cm³/mol. The second kappa shape index (κ2) is 9.38. The van der Waals surface area contributed by atoms with Gasteiger partial charge >= 0.3 is 15.6 Å². The van der Waals surface area contributed by atoms with E-state index in [1.807, 2.05) is 13.0 Å². The van der Waals surface area contributed by atoms with E-state index in [9.17, 15) is 4.57 Å². The van der Waals surface area contributed by atoms with Crippen LogP contribution in [0.1, 0.15) is 32.4 Å². The van der Waals surface area contributed by atoms with Crippen LogP contribution >= 0.6 is 7.60 Å². The number of hydroxylamine groups is 1. The van der Waals surface area contributed by atoms with Crippen LogP contribution in [0, 0.1) is 0 Å². The van der Waals surface area contributed by atoms with E-state index in [2.05, 4.69) is 4.76 Å². The van der Waals surface area contributed by atoms with Crippen LogP contribution in [0.5, 0.6) is 5.75 Å². The molecule has 1 aromatic carbocycles. The molecule has 0 saturated carbocycles. The third-order valence-electron chi connectivity index (χ3n) is 2.88. The molecule has 0 fully saturated rings. The lowest BCUT2D eigenvalue weighted by molar-refractivity contribution is 0.0118. The number of benzene rings is 1. The molecule has 0 amide bonds. The van der Waals surface area contributed by atoms with Gasteiger partial charge in [0.25, 0.3) is 0 Å². The largest absolute Gasteiger partial charge is 0.481 e. The normalized spacial score (nSPS) is 13.3. The van der Waals surface area contributed by atoms with Crippen molar-refractivity contribution < 1.29 is 23.1 Å². The molecule has 0 aromatic heterocycles. The lowest BCUT2D eigenvalue weighted by Gasteiger charge is -2.24. The van der Waals surface area contributed by atoms with Gasteiger partial charge < -0.3 is 18.5 Å². The lowest BCUT2D eigenvalue weighted by atomic mass is 10.1. The Hall–Kier alpha value is -0.780. The fourth-order valence-corrected chi connectivity index (χ4v) is 3.08. The predicted octanol–water partition coefficient (Wildman–Crippen LogP) is 2.75. The maximum absolute atomic E-state index is 12.3. The second-order valence-corrected chi connectivity index (χ2v) is 6.43. The van der Waals surface area contributed by atoms with Crippen molar-refractivity contribution in [1.29, 1.82) is 0 Å². The van der Waals surface area contributed by atoms with Crippen LogP contribution in [0.4, 0.5) is 0 Å². The van der Waals surface area contributed by atoms with Crippen LogP contribution in [0.25, 0.3) is 0 Å². The molecule has 1 aromatic rings. The first-order valence-electron chi connectivity index (χ1n) is 6.97. The highest BCUT2D eigenvalue weighted by Crippen LogP contribution is 2.47. The van der Waals surface area contributed by atoms with Crippen molar-refractivity contribution in [3.8, 4) is 5.75 Å². The average molecular weight is 323 g/mol. The van der Waals surface area contributed by atoms with Gasteiger partial charge in [0, 0.05) is 6.04 Å². The first-order valence-corrected chi connectivity index (χ1v) is 8.70. The molecule has 0 bridgehead atoms. The second-order valence-electron chi connectivity index (χ2n) is 4.43. The SMILES string of the molecule is [B]ON([B])C(C)c1cccc(OCP(=O)(OCC)OCC)c1. The molecule has 1 rings (SSSR count). The highest BCUT2D eigenvalue weighted by molar-refractivity contribution is 7.53. The van der Waals surface area contributed by atoms with E-state index in [0.29, 0.717) is 5.75 Å². The van der Waals surface area contributed by atoms with Crippen LogP contribution < -0.4 is 4.74 Å². The van der Waals surface area contributed by atoms with E-state index in [0.717, 1.165) is 10.5 Å². The van der Waals surface area contributed by atoms with Gasteiger partial charge in [-0.05, 0) is 38.5 Å². The van der Waals surface area contributed by atoms with Crippen molar-refractivity contribution >= 4 is 23.6 Å². The van der Waals surface area contributed by atoms with Gasteiger partial charge in [-0.3, -0.25) is 9.54 Å². The molecular formula is C13H20B2NO5P. The van der Waals surface area contributed by atoms with E-state index in [-0.39, 0.29) is 25.6 Å². The van der Waals surface area contributed by atoms with Gasteiger partial charge in [0.15, 0.2) is 6.35 Å². The van der Waals surface area contributed by atoms with Crippen molar-refractivity contribution in [2.24, 2.45) is 0 Å². The van der Waals surface area contributed by atoms with Crippen molar-refractivity contribution in [2.45, 2.75) is 26.8 Å². The van der Waals surface area contributed by atoms with E-state index in [4.69, 9.17) is 29.8 Å².